The van der Waals surface area contributed by atoms with Crippen LogP contribution in [-0.2, 0) is 13.0 Å². The number of nitrogens with zero attached hydrogens (tertiary/aromatic N) is 2. The third-order valence-corrected chi connectivity index (χ3v) is 5.50. The molecule has 124 valence electrons. The zero-order valence-corrected chi connectivity index (χ0v) is 14.6. The van der Waals surface area contributed by atoms with Crippen molar-refractivity contribution in [1.29, 1.82) is 0 Å². The number of hydrogen-bond donors (Lipinski definition) is 2. The fourth-order valence-corrected chi connectivity index (χ4v) is 4.25. The van der Waals surface area contributed by atoms with Gasteiger partial charge in [0.2, 0.25) is 0 Å². The van der Waals surface area contributed by atoms with Crippen molar-refractivity contribution in [2.75, 3.05) is 12.3 Å². The van der Waals surface area contributed by atoms with Gasteiger partial charge in [-0.2, -0.15) is 0 Å². The first-order chi connectivity index (χ1) is 11.5. The summed E-state index contributed by atoms with van der Waals surface area (Å²) in [4.78, 5) is 23.5. The van der Waals surface area contributed by atoms with E-state index in [1.165, 1.54) is 16.9 Å². The molecule has 0 unspecified atom stereocenters. The number of anilines is 1. The Kier molecular flexibility index (Phi) is 3.57. The van der Waals surface area contributed by atoms with Crippen LogP contribution in [0.2, 0.25) is 0 Å². The first-order valence-electron chi connectivity index (χ1n) is 8.18. The second-order valence-electron chi connectivity index (χ2n) is 6.54. The van der Waals surface area contributed by atoms with Crippen LogP contribution in [0.5, 0.6) is 0 Å². The molecule has 0 atom stereocenters. The van der Waals surface area contributed by atoms with Crippen LogP contribution in [0, 0.1) is 0 Å². The fraction of sp³-hybridized carbons (Fsp3) is 0.333. The Morgan fingerprint density at radius 1 is 1.42 bits per heavy atom. The molecule has 4 rings (SSSR count). The molecule has 1 aromatic carbocycles. The summed E-state index contributed by atoms with van der Waals surface area (Å²) >= 11 is 1.48. The fourth-order valence-electron chi connectivity index (χ4n) is 3.36. The van der Waals surface area contributed by atoms with Crippen LogP contribution < -0.4 is 5.73 Å². The number of aromatic amines is 1. The number of amides is 1. The van der Waals surface area contributed by atoms with E-state index in [2.05, 4.69) is 29.9 Å². The lowest BCUT2D eigenvalue weighted by Gasteiger charge is -2.25. The third kappa shape index (κ3) is 2.47. The number of aromatic nitrogens is 2. The third-order valence-electron chi connectivity index (χ3n) is 4.59. The van der Waals surface area contributed by atoms with Crippen LogP contribution in [0.1, 0.15) is 46.4 Å². The van der Waals surface area contributed by atoms with Gasteiger partial charge in [0.15, 0.2) is 5.13 Å². The highest BCUT2D eigenvalue weighted by Crippen LogP contribution is 2.29. The van der Waals surface area contributed by atoms with E-state index in [-0.39, 0.29) is 5.91 Å². The van der Waals surface area contributed by atoms with Gasteiger partial charge in [-0.25, -0.2) is 4.98 Å². The second kappa shape index (κ2) is 5.63. The Balaban J connectivity index is 1.65. The molecule has 0 saturated heterocycles. The summed E-state index contributed by atoms with van der Waals surface area (Å²) in [5.74, 6) is 0.462. The molecule has 24 heavy (non-hydrogen) atoms. The molecule has 1 aliphatic heterocycles. The topological polar surface area (TPSA) is 75.0 Å². The Morgan fingerprint density at radius 3 is 3.04 bits per heavy atom. The van der Waals surface area contributed by atoms with Gasteiger partial charge in [-0.15, -0.1) is 11.3 Å². The molecule has 0 saturated carbocycles. The van der Waals surface area contributed by atoms with Gasteiger partial charge in [-0.3, -0.25) is 4.79 Å². The van der Waals surface area contributed by atoms with Gasteiger partial charge in [-0.05, 0) is 23.6 Å². The first kappa shape index (κ1) is 15.2. The van der Waals surface area contributed by atoms with Crippen LogP contribution in [0.4, 0.5) is 5.13 Å². The van der Waals surface area contributed by atoms with E-state index < -0.39 is 0 Å². The van der Waals surface area contributed by atoms with Crippen molar-refractivity contribution in [3.05, 3.63) is 46.1 Å². The molecule has 3 N–H and O–H groups in total. The van der Waals surface area contributed by atoms with Gasteiger partial charge in [0, 0.05) is 28.7 Å². The zero-order valence-electron chi connectivity index (χ0n) is 13.8. The monoisotopic (exact) mass is 340 g/mol. The number of H-pyrrole nitrogens is 1. The molecule has 3 heterocycles. The van der Waals surface area contributed by atoms with Crippen LogP contribution in [-0.4, -0.2) is 27.3 Å². The van der Waals surface area contributed by atoms with Crippen LogP contribution in [0.3, 0.4) is 0 Å². The molecule has 0 radical (unpaired) electrons. The summed E-state index contributed by atoms with van der Waals surface area (Å²) in [6.45, 7) is 5.62. The molecule has 1 aliphatic rings. The maximum atomic E-state index is 12.9. The Morgan fingerprint density at radius 2 is 2.25 bits per heavy atom. The predicted octanol–water partition coefficient (Wildman–Crippen LogP) is 3.53. The van der Waals surface area contributed by atoms with E-state index in [0.717, 1.165) is 27.9 Å². The summed E-state index contributed by atoms with van der Waals surface area (Å²) in [6, 6.07) is 8.18. The normalized spacial score (nSPS) is 14.4. The van der Waals surface area contributed by atoms with Crippen LogP contribution in [0.15, 0.2) is 24.3 Å². The maximum absolute atomic E-state index is 12.9. The number of nitrogen functional groups attached to an aromatic ring is 1. The number of thiazole rings is 1. The van der Waals surface area contributed by atoms with Gasteiger partial charge in [-0.1, -0.05) is 26.0 Å². The molecule has 3 aromatic rings. The summed E-state index contributed by atoms with van der Waals surface area (Å²) in [5.41, 5.74) is 9.76. The first-order valence-corrected chi connectivity index (χ1v) is 8.99. The molecule has 0 aliphatic carbocycles. The standard InChI is InChI=1S/C18H20N4OS/c1-10(2)11-4-3-5-13-12(11)8-15(20-13)17(23)22-7-6-14-16(9-22)24-18(19)21-14/h3-5,8,10,20H,6-7,9H2,1-2H3,(H2,19,21). The second-order valence-corrected chi connectivity index (χ2v) is 7.66. The molecule has 0 bridgehead atoms. The van der Waals surface area contributed by atoms with Crippen molar-refractivity contribution in [1.82, 2.24) is 14.9 Å². The van der Waals surface area contributed by atoms with E-state index in [0.29, 0.717) is 29.8 Å². The largest absolute Gasteiger partial charge is 0.375 e. The van der Waals surface area contributed by atoms with Crippen molar-refractivity contribution in [3.8, 4) is 0 Å². The highest BCUT2D eigenvalue weighted by Gasteiger charge is 2.25. The minimum Gasteiger partial charge on any atom is -0.375 e. The van der Waals surface area contributed by atoms with E-state index >= 15 is 0 Å². The number of nitrogens with two attached hydrogens (primary N) is 1. The highest BCUT2D eigenvalue weighted by atomic mass is 32.1. The van der Waals surface area contributed by atoms with Crippen molar-refractivity contribution in [3.63, 3.8) is 0 Å². The lowest BCUT2D eigenvalue weighted by molar-refractivity contribution is 0.0731. The molecule has 2 aromatic heterocycles. The number of rotatable bonds is 2. The van der Waals surface area contributed by atoms with Gasteiger partial charge in [0.1, 0.15) is 5.69 Å². The van der Waals surface area contributed by atoms with Gasteiger partial charge < -0.3 is 15.6 Å². The average Bonchev–Trinajstić information content (AvgIpc) is 3.14. The molecule has 0 spiro atoms. The number of benzene rings is 1. The van der Waals surface area contributed by atoms with Crippen molar-refractivity contribution < 1.29 is 4.79 Å². The lowest BCUT2D eigenvalue weighted by Crippen LogP contribution is -2.35. The number of fused-ring (bicyclic) bond motifs is 2. The maximum Gasteiger partial charge on any atom is 0.270 e. The molecule has 1 amide bonds. The molecule has 5 nitrogen and oxygen atoms in total. The van der Waals surface area contributed by atoms with E-state index in [9.17, 15) is 4.79 Å². The van der Waals surface area contributed by atoms with E-state index in [4.69, 9.17) is 5.73 Å². The SMILES string of the molecule is CC(C)c1cccc2[nH]c(C(=O)N3CCc4nc(N)sc4C3)cc12. The molecular weight excluding hydrogens is 320 g/mol. The molecule has 6 heteroatoms. The van der Waals surface area contributed by atoms with Crippen LogP contribution >= 0.6 is 11.3 Å². The quantitative estimate of drug-likeness (QED) is 0.749. The summed E-state index contributed by atoms with van der Waals surface area (Å²) in [5, 5.41) is 1.72. The van der Waals surface area contributed by atoms with Gasteiger partial charge in [0.05, 0.1) is 12.2 Å². The van der Waals surface area contributed by atoms with Crippen LogP contribution in [0.25, 0.3) is 10.9 Å². The molecule has 0 fully saturated rings. The highest BCUT2D eigenvalue weighted by molar-refractivity contribution is 7.15. The predicted molar refractivity (Wildman–Crippen MR) is 97.4 cm³/mol. The van der Waals surface area contributed by atoms with Crippen molar-refractivity contribution in [2.24, 2.45) is 0 Å². The Labute approximate surface area is 144 Å². The van der Waals surface area contributed by atoms with Gasteiger partial charge in [0.25, 0.3) is 5.91 Å². The zero-order chi connectivity index (χ0) is 16.8. The Bertz CT molecular complexity index is 924. The minimum atomic E-state index is 0.0403. The van der Waals surface area contributed by atoms with Crippen molar-refractivity contribution in [2.45, 2.75) is 32.7 Å². The average molecular weight is 340 g/mol. The van der Waals surface area contributed by atoms with Crippen molar-refractivity contribution >= 4 is 33.3 Å². The number of nitrogens with one attached hydrogen (secondary N) is 1. The molecular formula is C18H20N4OS. The summed E-state index contributed by atoms with van der Waals surface area (Å²) < 4.78 is 0. The Hall–Kier alpha value is -2.34. The lowest BCUT2D eigenvalue weighted by atomic mass is 9.99. The number of carbonyl (C=O) groups excluding carboxylic acids is 1. The van der Waals surface area contributed by atoms with Gasteiger partial charge >= 0.3 is 0 Å². The summed E-state index contributed by atoms with van der Waals surface area (Å²) in [7, 11) is 0. The smallest absolute Gasteiger partial charge is 0.270 e. The minimum absolute atomic E-state index is 0.0403. The summed E-state index contributed by atoms with van der Waals surface area (Å²) in [6.07, 6.45) is 0.770. The van der Waals surface area contributed by atoms with E-state index in [1.807, 2.05) is 23.1 Å². The number of hydrogen-bond acceptors (Lipinski definition) is 4. The van der Waals surface area contributed by atoms with E-state index in [1.54, 1.807) is 0 Å². The number of carbonyl (C=O) groups is 1.